The maximum atomic E-state index is 14.0. The number of aryl methyl sites for hydroxylation is 1. The maximum absolute atomic E-state index is 14.0. The summed E-state index contributed by atoms with van der Waals surface area (Å²) in [7, 11) is 0. The molecule has 1 aliphatic rings. The Morgan fingerprint density at radius 1 is 1.29 bits per heavy atom. The van der Waals surface area contributed by atoms with Crippen LogP contribution in [0.15, 0.2) is 18.2 Å². The number of ether oxygens (including phenoxy) is 1. The Balaban J connectivity index is 1.95. The van der Waals surface area contributed by atoms with E-state index in [-0.39, 0.29) is 5.82 Å². The fourth-order valence-corrected chi connectivity index (χ4v) is 3.14. The number of halogens is 1. The van der Waals surface area contributed by atoms with Gasteiger partial charge in [-0.2, -0.15) is 0 Å². The monoisotopic (exact) mass is 293 g/mol. The third-order valence-corrected chi connectivity index (χ3v) is 4.45. The van der Waals surface area contributed by atoms with Gasteiger partial charge in [0.2, 0.25) is 0 Å². The molecule has 21 heavy (non-hydrogen) atoms. The number of hydrogen-bond acceptors (Lipinski definition) is 2. The minimum Gasteiger partial charge on any atom is -0.489 e. The summed E-state index contributed by atoms with van der Waals surface area (Å²) >= 11 is 0. The minimum atomic E-state index is -0.226. The molecule has 1 unspecified atom stereocenters. The second kappa shape index (κ2) is 8.38. The van der Waals surface area contributed by atoms with Crippen LogP contribution in [-0.4, -0.2) is 19.2 Å². The molecule has 0 spiro atoms. The first kappa shape index (κ1) is 16.3. The van der Waals surface area contributed by atoms with Gasteiger partial charge in [0.15, 0.2) is 11.6 Å². The second-order valence-electron chi connectivity index (χ2n) is 6.16. The topological polar surface area (TPSA) is 21.3 Å². The fraction of sp³-hybridized carbons (Fsp3) is 0.667. The first-order chi connectivity index (χ1) is 10.2. The molecular formula is C18H28FNO. The summed E-state index contributed by atoms with van der Waals surface area (Å²) in [6, 6.07) is 5.68. The Morgan fingerprint density at radius 2 is 2.05 bits per heavy atom. The molecule has 0 aliphatic heterocycles. The Morgan fingerprint density at radius 3 is 2.76 bits per heavy atom. The summed E-state index contributed by atoms with van der Waals surface area (Å²) < 4.78 is 19.8. The van der Waals surface area contributed by atoms with Gasteiger partial charge in [0.1, 0.15) is 6.61 Å². The van der Waals surface area contributed by atoms with E-state index in [1.54, 1.807) is 19.1 Å². The molecule has 0 aromatic heterocycles. The van der Waals surface area contributed by atoms with Crippen LogP contribution < -0.4 is 10.1 Å². The molecule has 1 N–H and O–H groups in total. The van der Waals surface area contributed by atoms with E-state index < -0.39 is 0 Å². The maximum Gasteiger partial charge on any atom is 0.167 e. The highest BCUT2D eigenvalue weighted by atomic mass is 19.1. The summed E-state index contributed by atoms with van der Waals surface area (Å²) in [5.41, 5.74) is 0.642. The SMILES string of the molecule is CCCNC(COc1cccc(C)c1F)C1CCCCC1. The van der Waals surface area contributed by atoms with Crippen LogP contribution in [-0.2, 0) is 0 Å². The average Bonchev–Trinajstić information content (AvgIpc) is 2.52. The highest BCUT2D eigenvalue weighted by molar-refractivity contribution is 5.30. The van der Waals surface area contributed by atoms with Crippen LogP contribution in [0.1, 0.15) is 51.0 Å². The molecule has 0 bridgehead atoms. The number of rotatable bonds is 7. The van der Waals surface area contributed by atoms with E-state index in [0.717, 1.165) is 13.0 Å². The standard InChI is InChI=1S/C18H28FNO/c1-3-12-20-16(15-9-5-4-6-10-15)13-21-17-11-7-8-14(2)18(17)19/h7-8,11,15-16,20H,3-6,9-10,12-13H2,1-2H3. The highest BCUT2D eigenvalue weighted by Gasteiger charge is 2.24. The molecule has 1 aromatic rings. The van der Waals surface area contributed by atoms with E-state index >= 15 is 0 Å². The van der Waals surface area contributed by atoms with Gasteiger partial charge in [-0.05, 0) is 50.3 Å². The van der Waals surface area contributed by atoms with Crippen LogP contribution in [0.5, 0.6) is 5.75 Å². The highest BCUT2D eigenvalue weighted by Crippen LogP contribution is 2.27. The average molecular weight is 293 g/mol. The molecule has 0 amide bonds. The molecule has 1 fully saturated rings. The largest absolute Gasteiger partial charge is 0.489 e. The third-order valence-electron chi connectivity index (χ3n) is 4.45. The van der Waals surface area contributed by atoms with Crippen molar-refractivity contribution in [2.24, 2.45) is 5.92 Å². The summed E-state index contributed by atoms with van der Waals surface area (Å²) in [4.78, 5) is 0. The van der Waals surface area contributed by atoms with Crippen LogP contribution in [0.25, 0.3) is 0 Å². The van der Waals surface area contributed by atoms with Crippen molar-refractivity contribution in [3.8, 4) is 5.75 Å². The van der Waals surface area contributed by atoms with Crippen molar-refractivity contribution in [2.45, 2.75) is 58.4 Å². The molecule has 118 valence electrons. The first-order valence-corrected chi connectivity index (χ1v) is 8.33. The number of nitrogens with one attached hydrogen (secondary N) is 1. The van der Waals surface area contributed by atoms with Crippen molar-refractivity contribution >= 4 is 0 Å². The summed E-state index contributed by atoms with van der Waals surface area (Å²) in [5.74, 6) is 0.822. The zero-order valence-corrected chi connectivity index (χ0v) is 13.3. The lowest BCUT2D eigenvalue weighted by atomic mass is 9.84. The summed E-state index contributed by atoms with van der Waals surface area (Å²) in [6.45, 7) is 5.51. The molecule has 1 aromatic carbocycles. The summed E-state index contributed by atoms with van der Waals surface area (Å²) in [5, 5.41) is 3.60. The van der Waals surface area contributed by atoms with Gasteiger partial charge < -0.3 is 10.1 Å². The van der Waals surface area contributed by atoms with Crippen molar-refractivity contribution in [3.63, 3.8) is 0 Å². The van der Waals surface area contributed by atoms with Gasteiger partial charge >= 0.3 is 0 Å². The molecule has 0 saturated heterocycles. The van der Waals surface area contributed by atoms with Gasteiger partial charge in [0.05, 0.1) is 0 Å². The molecule has 2 nitrogen and oxygen atoms in total. The molecule has 0 heterocycles. The van der Waals surface area contributed by atoms with E-state index in [1.165, 1.54) is 32.1 Å². The number of hydrogen-bond donors (Lipinski definition) is 1. The Hall–Kier alpha value is -1.09. The third kappa shape index (κ3) is 4.70. The molecule has 2 rings (SSSR count). The molecule has 1 atom stereocenters. The van der Waals surface area contributed by atoms with Crippen molar-refractivity contribution < 1.29 is 9.13 Å². The van der Waals surface area contributed by atoms with Gasteiger partial charge in [-0.1, -0.05) is 38.3 Å². The van der Waals surface area contributed by atoms with Gasteiger partial charge in [-0.3, -0.25) is 0 Å². The second-order valence-corrected chi connectivity index (χ2v) is 6.16. The Kier molecular flexibility index (Phi) is 6.50. The quantitative estimate of drug-likeness (QED) is 0.801. The Labute approximate surface area is 128 Å². The van der Waals surface area contributed by atoms with Gasteiger partial charge in [0.25, 0.3) is 0 Å². The lowest BCUT2D eigenvalue weighted by Gasteiger charge is -2.31. The molecule has 1 aliphatic carbocycles. The normalized spacial score (nSPS) is 17.7. The lowest BCUT2D eigenvalue weighted by molar-refractivity contribution is 0.181. The molecule has 0 radical (unpaired) electrons. The van der Waals surface area contributed by atoms with Gasteiger partial charge in [0, 0.05) is 6.04 Å². The number of benzene rings is 1. The van der Waals surface area contributed by atoms with Crippen LogP contribution >= 0.6 is 0 Å². The predicted octanol–water partition coefficient (Wildman–Crippen LogP) is 4.46. The zero-order valence-electron chi connectivity index (χ0n) is 13.3. The van der Waals surface area contributed by atoms with Crippen LogP contribution in [0.3, 0.4) is 0 Å². The smallest absolute Gasteiger partial charge is 0.167 e. The van der Waals surface area contributed by atoms with Gasteiger partial charge in [-0.15, -0.1) is 0 Å². The van der Waals surface area contributed by atoms with E-state index in [4.69, 9.17) is 4.74 Å². The van der Waals surface area contributed by atoms with Crippen molar-refractivity contribution in [1.29, 1.82) is 0 Å². The van der Waals surface area contributed by atoms with E-state index in [0.29, 0.717) is 29.9 Å². The predicted molar refractivity (Wildman–Crippen MR) is 85.3 cm³/mol. The molecule has 1 saturated carbocycles. The van der Waals surface area contributed by atoms with Crippen LogP contribution in [0.4, 0.5) is 4.39 Å². The van der Waals surface area contributed by atoms with E-state index in [9.17, 15) is 4.39 Å². The lowest BCUT2D eigenvalue weighted by Crippen LogP contribution is -2.42. The van der Waals surface area contributed by atoms with Gasteiger partial charge in [-0.25, -0.2) is 4.39 Å². The van der Waals surface area contributed by atoms with Crippen LogP contribution in [0, 0.1) is 18.7 Å². The summed E-state index contributed by atoms with van der Waals surface area (Å²) in [6.07, 6.45) is 7.62. The minimum absolute atomic E-state index is 0.226. The van der Waals surface area contributed by atoms with Crippen molar-refractivity contribution in [2.75, 3.05) is 13.2 Å². The molecule has 3 heteroatoms. The van der Waals surface area contributed by atoms with Crippen molar-refractivity contribution in [3.05, 3.63) is 29.6 Å². The fourth-order valence-electron chi connectivity index (χ4n) is 3.14. The van der Waals surface area contributed by atoms with Crippen molar-refractivity contribution in [1.82, 2.24) is 5.32 Å². The zero-order chi connectivity index (χ0) is 15.1. The Bertz CT molecular complexity index is 429. The first-order valence-electron chi connectivity index (χ1n) is 8.33. The van der Waals surface area contributed by atoms with Crippen LogP contribution in [0.2, 0.25) is 0 Å². The van der Waals surface area contributed by atoms with E-state index in [2.05, 4.69) is 12.2 Å². The van der Waals surface area contributed by atoms with E-state index in [1.807, 2.05) is 6.07 Å². The molecular weight excluding hydrogens is 265 g/mol.